The third kappa shape index (κ3) is 4.93. The summed E-state index contributed by atoms with van der Waals surface area (Å²) in [5.41, 5.74) is 1.96. The number of nitrogens with zero attached hydrogens (tertiary/aromatic N) is 3. The maximum atomic E-state index is 12.5. The van der Waals surface area contributed by atoms with E-state index < -0.39 is 18.0 Å². The van der Waals surface area contributed by atoms with Crippen LogP contribution in [0.25, 0.3) is 5.69 Å². The molecule has 146 valence electrons. The molecule has 0 saturated heterocycles. The van der Waals surface area contributed by atoms with Gasteiger partial charge < -0.3 is 9.47 Å². The summed E-state index contributed by atoms with van der Waals surface area (Å²) in [7, 11) is 1.27. The number of rotatable bonds is 7. The summed E-state index contributed by atoms with van der Waals surface area (Å²) in [5, 5.41) is 4.32. The molecule has 1 atom stereocenters. The van der Waals surface area contributed by atoms with Crippen molar-refractivity contribution in [2.75, 3.05) is 7.11 Å². The number of methoxy groups -OCH3 is 1. The fourth-order valence-corrected chi connectivity index (χ4v) is 2.81. The lowest BCUT2D eigenvalue weighted by atomic mass is 10.0. The first-order valence-corrected chi connectivity index (χ1v) is 9.06. The molecule has 27 heavy (non-hydrogen) atoms. The van der Waals surface area contributed by atoms with E-state index in [0.717, 1.165) is 11.3 Å². The number of aryl methyl sites for hydroxylation is 1. The van der Waals surface area contributed by atoms with E-state index in [0.29, 0.717) is 12.2 Å². The number of hydrogen-bond donors (Lipinski definition) is 0. The standard InChI is InChI=1S/C20H27N3O4/c1-12(2)11-17(19(24)26-6)27-20(25)18-21-14(5)23(22-18)16-10-8-7-9-15(16)13(3)4/h7-10,12-13,17H,11H2,1-6H3. The van der Waals surface area contributed by atoms with E-state index in [-0.39, 0.29) is 17.7 Å². The van der Waals surface area contributed by atoms with Gasteiger partial charge in [-0.1, -0.05) is 45.9 Å². The monoisotopic (exact) mass is 373 g/mol. The molecule has 0 aliphatic carbocycles. The first-order chi connectivity index (χ1) is 12.7. The Kier molecular flexibility index (Phi) is 6.71. The van der Waals surface area contributed by atoms with Crippen molar-refractivity contribution in [3.05, 3.63) is 41.5 Å². The van der Waals surface area contributed by atoms with Crippen molar-refractivity contribution in [3.8, 4) is 5.69 Å². The Morgan fingerprint density at radius 2 is 1.81 bits per heavy atom. The second-order valence-corrected chi connectivity index (χ2v) is 7.15. The van der Waals surface area contributed by atoms with Crippen LogP contribution in [-0.4, -0.2) is 39.9 Å². The lowest BCUT2D eigenvalue weighted by molar-refractivity contribution is -0.151. The van der Waals surface area contributed by atoms with Gasteiger partial charge in [-0.05, 0) is 36.8 Å². The van der Waals surface area contributed by atoms with Crippen molar-refractivity contribution < 1.29 is 19.1 Å². The van der Waals surface area contributed by atoms with Crippen molar-refractivity contribution in [1.82, 2.24) is 14.8 Å². The van der Waals surface area contributed by atoms with E-state index in [9.17, 15) is 9.59 Å². The molecule has 1 unspecified atom stereocenters. The lowest BCUT2D eigenvalue weighted by Crippen LogP contribution is -2.30. The Bertz CT molecular complexity index is 811. The Morgan fingerprint density at radius 1 is 1.15 bits per heavy atom. The summed E-state index contributed by atoms with van der Waals surface area (Å²) < 4.78 is 11.7. The van der Waals surface area contributed by atoms with Gasteiger partial charge >= 0.3 is 11.9 Å². The molecular weight excluding hydrogens is 346 g/mol. The minimum absolute atomic E-state index is 0.0799. The molecule has 0 aliphatic rings. The van der Waals surface area contributed by atoms with Crippen molar-refractivity contribution in [2.24, 2.45) is 5.92 Å². The van der Waals surface area contributed by atoms with Crippen molar-refractivity contribution in [1.29, 1.82) is 0 Å². The summed E-state index contributed by atoms with van der Waals surface area (Å²) in [5.74, 6) is -0.396. The van der Waals surface area contributed by atoms with Crippen LogP contribution in [0.3, 0.4) is 0 Å². The summed E-state index contributed by atoms with van der Waals surface area (Å²) in [6.45, 7) is 9.82. The highest BCUT2D eigenvalue weighted by molar-refractivity contribution is 5.88. The fourth-order valence-electron chi connectivity index (χ4n) is 2.81. The van der Waals surface area contributed by atoms with Crippen LogP contribution in [0.2, 0.25) is 0 Å². The molecular formula is C20H27N3O4. The zero-order valence-electron chi connectivity index (χ0n) is 16.7. The fraction of sp³-hybridized carbons (Fsp3) is 0.500. The number of aromatic nitrogens is 3. The van der Waals surface area contributed by atoms with Crippen molar-refractivity contribution >= 4 is 11.9 Å². The van der Waals surface area contributed by atoms with Gasteiger partial charge in [0.2, 0.25) is 0 Å². The van der Waals surface area contributed by atoms with Gasteiger partial charge in [-0.3, -0.25) is 0 Å². The van der Waals surface area contributed by atoms with Gasteiger partial charge in [0, 0.05) is 0 Å². The second kappa shape index (κ2) is 8.79. The van der Waals surface area contributed by atoms with Crippen LogP contribution in [0.5, 0.6) is 0 Å². The molecule has 7 nitrogen and oxygen atoms in total. The minimum atomic E-state index is -0.974. The Labute approximate surface area is 159 Å². The smallest absolute Gasteiger partial charge is 0.379 e. The molecule has 0 radical (unpaired) electrons. The van der Waals surface area contributed by atoms with Crippen molar-refractivity contribution in [2.45, 2.75) is 53.1 Å². The topological polar surface area (TPSA) is 83.3 Å². The third-order valence-corrected chi connectivity index (χ3v) is 4.14. The SMILES string of the molecule is COC(=O)C(CC(C)C)OC(=O)c1nc(C)n(-c2ccccc2C(C)C)n1. The molecule has 7 heteroatoms. The number of para-hydroxylation sites is 1. The van der Waals surface area contributed by atoms with E-state index in [1.54, 1.807) is 11.6 Å². The molecule has 0 bridgehead atoms. The summed E-state index contributed by atoms with van der Waals surface area (Å²) >= 11 is 0. The average Bonchev–Trinajstić information content (AvgIpc) is 3.01. The van der Waals surface area contributed by atoms with Crippen LogP contribution < -0.4 is 0 Å². The molecule has 0 aliphatic heterocycles. The highest BCUT2D eigenvalue weighted by Crippen LogP contribution is 2.23. The van der Waals surface area contributed by atoms with Crippen molar-refractivity contribution in [3.63, 3.8) is 0 Å². The van der Waals surface area contributed by atoms with Gasteiger partial charge in [0.25, 0.3) is 5.82 Å². The zero-order chi connectivity index (χ0) is 20.1. The first kappa shape index (κ1) is 20.6. The number of ether oxygens (including phenoxy) is 2. The maximum Gasteiger partial charge on any atom is 0.379 e. The Balaban J connectivity index is 2.30. The van der Waals surface area contributed by atoms with E-state index in [1.165, 1.54) is 7.11 Å². The molecule has 1 aromatic carbocycles. The van der Waals surface area contributed by atoms with E-state index >= 15 is 0 Å². The first-order valence-electron chi connectivity index (χ1n) is 9.06. The zero-order valence-corrected chi connectivity index (χ0v) is 16.7. The second-order valence-electron chi connectivity index (χ2n) is 7.15. The molecule has 1 heterocycles. The minimum Gasteiger partial charge on any atom is -0.466 e. The van der Waals surface area contributed by atoms with E-state index in [2.05, 4.69) is 23.9 Å². The van der Waals surface area contributed by atoms with Crippen LogP contribution >= 0.6 is 0 Å². The lowest BCUT2D eigenvalue weighted by Gasteiger charge is -2.16. The van der Waals surface area contributed by atoms with Gasteiger partial charge in [-0.2, -0.15) is 0 Å². The number of hydrogen-bond acceptors (Lipinski definition) is 6. The highest BCUT2D eigenvalue weighted by atomic mass is 16.6. The normalized spacial score (nSPS) is 12.3. The van der Waals surface area contributed by atoms with Gasteiger partial charge in [-0.25, -0.2) is 19.3 Å². The van der Waals surface area contributed by atoms with Gasteiger partial charge in [-0.15, -0.1) is 5.10 Å². The maximum absolute atomic E-state index is 12.5. The number of carbonyl (C=O) groups excluding carboxylic acids is 2. The molecule has 0 saturated carbocycles. The summed E-state index contributed by atoms with van der Waals surface area (Å²) in [4.78, 5) is 28.6. The van der Waals surface area contributed by atoms with E-state index in [1.807, 2.05) is 38.1 Å². The van der Waals surface area contributed by atoms with Crippen LogP contribution in [0.15, 0.2) is 24.3 Å². The van der Waals surface area contributed by atoms with Crippen LogP contribution in [0.4, 0.5) is 0 Å². The molecule has 0 amide bonds. The summed E-state index contributed by atoms with van der Waals surface area (Å²) in [6.07, 6.45) is -0.605. The molecule has 2 rings (SSSR count). The van der Waals surface area contributed by atoms with Crippen LogP contribution in [0, 0.1) is 12.8 Å². The largest absolute Gasteiger partial charge is 0.466 e. The average molecular weight is 373 g/mol. The van der Waals surface area contributed by atoms with Crippen LogP contribution in [-0.2, 0) is 14.3 Å². The highest BCUT2D eigenvalue weighted by Gasteiger charge is 2.28. The number of carbonyl (C=O) groups is 2. The predicted octanol–water partition coefficient (Wildman–Crippen LogP) is 3.44. The van der Waals surface area contributed by atoms with Gasteiger partial charge in [0.1, 0.15) is 5.82 Å². The van der Waals surface area contributed by atoms with Crippen LogP contribution in [0.1, 0.15) is 62.0 Å². The number of benzene rings is 1. The Morgan fingerprint density at radius 3 is 2.41 bits per heavy atom. The molecule has 1 aromatic heterocycles. The molecule has 0 spiro atoms. The molecule has 0 N–H and O–H groups in total. The molecule has 0 fully saturated rings. The van der Waals surface area contributed by atoms with E-state index in [4.69, 9.17) is 9.47 Å². The molecule has 2 aromatic rings. The van der Waals surface area contributed by atoms with Gasteiger partial charge in [0.05, 0.1) is 12.8 Å². The third-order valence-electron chi connectivity index (χ3n) is 4.14. The quantitative estimate of drug-likeness (QED) is 0.691. The predicted molar refractivity (Wildman–Crippen MR) is 101 cm³/mol. The number of esters is 2. The summed E-state index contributed by atoms with van der Waals surface area (Å²) in [6, 6.07) is 7.83. The van der Waals surface area contributed by atoms with Gasteiger partial charge in [0.15, 0.2) is 6.10 Å². The Hall–Kier alpha value is -2.70.